The number of rotatable bonds is 9. The fourth-order valence-corrected chi connectivity index (χ4v) is 1.99. The van der Waals surface area contributed by atoms with Gasteiger partial charge >= 0.3 is 0 Å². The third-order valence-electron chi connectivity index (χ3n) is 3.28. The fraction of sp³-hybridized carbons (Fsp3) is 0.857. The van der Waals surface area contributed by atoms with Crippen molar-refractivity contribution in [2.75, 3.05) is 6.54 Å². The average Bonchev–Trinajstić information content (AvgIpc) is 2.86. The number of hydrogen-bond donors (Lipinski definition) is 1. The molecule has 0 aromatic carbocycles. The van der Waals surface area contributed by atoms with E-state index in [9.17, 15) is 0 Å². The topological polar surface area (TPSA) is 51.0 Å². The second-order valence-corrected chi connectivity index (χ2v) is 4.90. The molecule has 0 aliphatic carbocycles. The van der Waals surface area contributed by atoms with Crippen LogP contribution in [0.1, 0.15) is 83.5 Å². The molecule has 4 heteroatoms. The van der Waals surface area contributed by atoms with E-state index < -0.39 is 0 Å². The van der Waals surface area contributed by atoms with Gasteiger partial charge in [0.2, 0.25) is 11.8 Å². The molecule has 0 spiro atoms. The van der Waals surface area contributed by atoms with Crippen LogP contribution in [0.2, 0.25) is 0 Å². The van der Waals surface area contributed by atoms with Crippen LogP contribution in [0.15, 0.2) is 4.42 Å². The quantitative estimate of drug-likeness (QED) is 0.727. The lowest BCUT2D eigenvalue weighted by molar-refractivity contribution is 0.361. The zero-order valence-electron chi connectivity index (χ0n) is 12.2. The Morgan fingerprint density at radius 1 is 1.11 bits per heavy atom. The Kier molecular flexibility index (Phi) is 6.94. The molecule has 18 heavy (non-hydrogen) atoms. The van der Waals surface area contributed by atoms with Gasteiger partial charge in [0.05, 0.1) is 6.04 Å². The summed E-state index contributed by atoms with van der Waals surface area (Å²) in [5, 5.41) is 11.7. The minimum atomic E-state index is 0.148. The highest BCUT2D eigenvalue weighted by Crippen LogP contribution is 2.25. The highest BCUT2D eigenvalue weighted by molar-refractivity contribution is 4.93. The lowest BCUT2D eigenvalue weighted by Crippen LogP contribution is -2.19. The van der Waals surface area contributed by atoms with Crippen molar-refractivity contribution in [3.8, 4) is 0 Å². The summed E-state index contributed by atoms with van der Waals surface area (Å²) in [6, 6.07) is 0.148. The van der Waals surface area contributed by atoms with Crippen LogP contribution in [-0.4, -0.2) is 16.7 Å². The standard InChI is InChI=1S/C14H27N3O/c1-5-8-9-12(7-3)14-17-16-13(18-14)11(4)15-10-6-2/h11-12,15H,5-10H2,1-4H3. The molecule has 0 aliphatic rings. The van der Waals surface area contributed by atoms with Crippen LogP contribution in [0.3, 0.4) is 0 Å². The second kappa shape index (κ2) is 8.25. The molecule has 104 valence electrons. The molecule has 2 unspecified atom stereocenters. The molecule has 0 aliphatic heterocycles. The number of hydrogen-bond acceptors (Lipinski definition) is 4. The largest absolute Gasteiger partial charge is 0.423 e. The van der Waals surface area contributed by atoms with Gasteiger partial charge in [-0.1, -0.05) is 33.6 Å². The Bertz CT molecular complexity index is 325. The third-order valence-corrected chi connectivity index (χ3v) is 3.28. The minimum Gasteiger partial charge on any atom is -0.423 e. The van der Waals surface area contributed by atoms with E-state index in [2.05, 4.69) is 43.2 Å². The molecule has 0 saturated carbocycles. The van der Waals surface area contributed by atoms with E-state index in [0.717, 1.165) is 31.7 Å². The van der Waals surface area contributed by atoms with Crippen molar-refractivity contribution in [2.45, 2.75) is 71.8 Å². The molecule has 1 rings (SSSR count). The van der Waals surface area contributed by atoms with Crippen molar-refractivity contribution in [2.24, 2.45) is 0 Å². The first-order valence-electron chi connectivity index (χ1n) is 7.29. The maximum atomic E-state index is 5.81. The smallest absolute Gasteiger partial charge is 0.233 e. The van der Waals surface area contributed by atoms with E-state index >= 15 is 0 Å². The van der Waals surface area contributed by atoms with Crippen LogP contribution in [0.5, 0.6) is 0 Å². The van der Waals surface area contributed by atoms with Crippen LogP contribution in [0, 0.1) is 0 Å². The number of unbranched alkanes of at least 4 members (excludes halogenated alkanes) is 1. The summed E-state index contributed by atoms with van der Waals surface area (Å²) in [4.78, 5) is 0. The van der Waals surface area contributed by atoms with Gasteiger partial charge in [-0.15, -0.1) is 10.2 Å². The van der Waals surface area contributed by atoms with Crippen LogP contribution in [0.25, 0.3) is 0 Å². The first-order chi connectivity index (χ1) is 8.72. The molecule has 1 aromatic heterocycles. The zero-order valence-corrected chi connectivity index (χ0v) is 12.2. The van der Waals surface area contributed by atoms with Gasteiger partial charge in [-0.3, -0.25) is 0 Å². The van der Waals surface area contributed by atoms with Gasteiger partial charge in [0.25, 0.3) is 0 Å². The molecular formula is C14H27N3O. The summed E-state index contributed by atoms with van der Waals surface area (Å²) in [7, 11) is 0. The summed E-state index contributed by atoms with van der Waals surface area (Å²) in [5.74, 6) is 1.95. The van der Waals surface area contributed by atoms with E-state index in [4.69, 9.17) is 4.42 Å². The average molecular weight is 253 g/mol. The Morgan fingerprint density at radius 2 is 1.83 bits per heavy atom. The predicted octanol–water partition coefficient (Wildman–Crippen LogP) is 3.81. The highest BCUT2D eigenvalue weighted by atomic mass is 16.4. The van der Waals surface area contributed by atoms with Crippen molar-refractivity contribution in [1.82, 2.24) is 15.5 Å². The summed E-state index contributed by atoms with van der Waals surface area (Å²) in [6.07, 6.45) is 5.76. The molecule has 0 bridgehead atoms. The third kappa shape index (κ3) is 4.41. The lowest BCUT2D eigenvalue weighted by atomic mass is 10.00. The van der Waals surface area contributed by atoms with Gasteiger partial charge in [0, 0.05) is 5.92 Å². The van der Waals surface area contributed by atoms with E-state index in [-0.39, 0.29) is 6.04 Å². The highest BCUT2D eigenvalue weighted by Gasteiger charge is 2.18. The predicted molar refractivity (Wildman–Crippen MR) is 73.6 cm³/mol. The summed E-state index contributed by atoms with van der Waals surface area (Å²) < 4.78 is 5.81. The van der Waals surface area contributed by atoms with Gasteiger partial charge in [-0.25, -0.2) is 0 Å². The van der Waals surface area contributed by atoms with Gasteiger partial charge in [0.1, 0.15) is 0 Å². The fourth-order valence-electron chi connectivity index (χ4n) is 1.99. The van der Waals surface area contributed by atoms with E-state index in [1.54, 1.807) is 0 Å². The van der Waals surface area contributed by atoms with E-state index in [1.165, 1.54) is 12.8 Å². The van der Waals surface area contributed by atoms with Crippen LogP contribution >= 0.6 is 0 Å². The van der Waals surface area contributed by atoms with E-state index in [1.807, 2.05) is 0 Å². The molecule has 1 heterocycles. The molecule has 1 aromatic rings. The molecule has 1 N–H and O–H groups in total. The second-order valence-electron chi connectivity index (χ2n) is 4.90. The Labute approximate surface area is 111 Å². The van der Waals surface area contributed by atoms with Crippen LogP contribution < -0.4 is 5.32 Å². The number of nitrogens with zero attached hydrogens (tertiary/aromatic N) is 2. The zero-order chi connectivity index (χ0) is 13.4. The maximum absolute atomic E-state index is 5.81. The van der Waals surface area contributed by atoms with Gasteiger partial charge in [0.15, 0.2) is 0 Å². The number of aromatic nitrogens is 2. The Hall–Kier alpha value is -0.900. The van der Waals surface area contributed by atoms with Crippen molar-refractivity contribution in [3.63, 3.8) is 0 Å². The number of nitrogens with one attached hydrogen (secondary N) is 1. The first kappa shape index (κ1) is 15.2. The minimum absolute atomic E-state index is 0.148. The normalized spacial score (nSPS) is 14.7. The van der Waals surface area contributed by atoms with Gasteiger partial charge in [-0.2, -0.15) is 0 Å². The summed E-state index contributed by atoms with van der Waals surface area (Å²) >= 11 is 0. The van der Waals surface area contributed by atoms with Gasteiger partial charge < -0.3 is 9.73 Å². The molecule has 4 nitrogen and oxygen atoms in total. The molecule has 2 atom stereocenters. The van der Waals surface area contributed by atoms with Crippen molar-refractivity contribution in [1.29, 1.82) is 0 Å². The molecule has 0 radical (unpaired) electrons. The Morgan fingerprint density at radius 3 is 2.44 bits per heavy atom. The Balaban J connectivity index is 2.59. The van der Waals surface area contributed by atoms with E-state index in [0.29, 0.717) is 11.8 Å². The summed E-state index contributed by atoms with van der Waals surface area (Å²) in [6.45, 7) is 9.59. The molecule has 0 saturated heterocycles. The van der Waals surface area contributed by atoms with Crippen molar-refractivity contribution in [3.05, 3.63) is 11.8 Å². The van der Waals surface area contributed by atoms with Crippen molar-refractivity contribution < 1.29 is 4.42 Å². The molecular weight excluding hydrogens is 226 g/mol. The SMILES string of the molecule is CCCCC(CC)c1nnc(C(C)NCCC)o1. The molecule has 0 amide bonds. The van der Waals surface area contributed by atoms with Crippen LogP contribution in [-0.2, 0) is 0 Å². The monoisotopic (exact) mass is 253 g/mol. The molecule has 0 fully saturated rings. The summed E-state index contributed by atoms with van der Waals surface area (Å²) in [5.41, 5.74) is 0. The van der Waals surface area contributed by atoms with Crippen LogP contribution in [0.4, 0.5) is 0 Å². The lowest BCUT2D eigenvalue weighted by Gasteiger charge is -2.10. The first-order valence-corrected chi connectivity index (χ1v) is 7.29. The maximum Gasteiger partial charge on any atom is 0.233 e. The van der Waals surface area contributed by atoms with Crippen molar-refractivity contribution >= 4 is 0 Å². The van der Waals surface area contributed by atoms with Gasteiger partial charge in [-0.05, 0) is 32.7 Å².